The van der Waals surface area contributed by atoms with E-state index in [2.05, 4.69) is 20.1 Å². The van der Waals surface area contributed by atoms with Crippen molar-refractivity contribution < 1.29 is 67.5 Å². The highest BCUT2D eigenvalue weighted by molar-refractivity contribution is 7.99. The molecule has 3 heterocycles. The summed E-state index contributed by atoms with van der Waals surface area (Å²) in [6.45, 7) is 0.653. The molecule has 396 valence electrons. The van der Waals surface area contributed by atoms with Gasteiger partial charge in [-0.15, -0.1) is 0 Å². The Morgan fingerprint density at radius 2 is 1.01 bits per heavy atom. The summed E-state index contributed by atoms with van der Waals surface area (Å²) >= 11 is 1.19. The van der Waals surface area contributed by atoms with E-state index in [1.807, 2.05) is 153 Å². The lowest BCUT2D eigenvalue weighted by Gasteiger charge is -2.50. The molecule has 5 aromatic rings. The number of aryl methyl sites for hydroxylation is 1. The van der Waals surface area contributed by atoms with Crippen molar-refractivity contribution in [1.29, 1.82) is 0 Å². The van der Waals surface area contributed by atoms with E-state index >= 15 is 0 Å². The zero-order valence-corrected chi connectivity index (χ0v) is 42.0. The monoisotopic (exact) mass is 1050 g/mol. The summed E-state index contributed by atoms with van der Waals surface area (Å²) in [6, 6.07) is 41.9. The second-order valence-corrected chi connectivity index (χ2v) is 19.1. The molecule has 3 aliphatic rings. The molecule has 3 N–H and O–H groups in total. The molecule has 8 rings (SSSR count). The van der Waals surface area contributed by atoms with Gasteiger partial charge in [0.25, 0.3) is 0 Å². The van der Waals surface area contributed by atoms with Gasteiger partial charge in [-0.2, -0.15) is 0 Å². The fourth-order valence-corrected chi connectivity index (χ4v) is 10.2. The number of aliphatic hydroxyl groups is 3. The van der Waals surface area contributed by atoms with Crippen LogP contribution < -0.4 is 0 Å². The second kappa shape index (κ2) is 27.7. The summed E-state index contributed by atoms with van der Waals surface area (Å²) in [4.78, 5) is 21.2. The Morgan fingerprint density at radius 1 is 0.560 bits per heavy atom. The Morgan fingerprint density at radius 3 is 1.51 bits per heavy atom. The van der Waals surface area contributed by atoms with E-state index in [1.54, 1.807) is 0 Å². The molecule has 4 unspecified atom stereocenters. The first-order chi connectivity index (χ1) is 36.7. The van der Waals surface area contributed by atoms with E-state index in [0.717, 1.165) is 39.8 Å². The molecule has 0 amide bonds. The third kappa shape index (κ3) is 14.3. The molecule has 20 nitrogen and oxygen atoms in total. The molecule has 0 spiro atoms. The van der Waals surface area contributed by atoms with Crippen molar-refractivity contribution in [2.45, 2.75) is 129 Å². The van der Waals surface area contributed by atoms with Gasteiger partial charge >= 0.3 is 5.97 Å². The number of rotatable bonds is 23. The Balaban J connectivity index is 1.17. The number of carbonyl (C=O) groups is 1. The van der Waals surface area contributed by atoms with Crippen molar-refractivity contribution in [3.8, 4) is 0 Å². The molecule has 5 aromatic carbocycles. The molecule has 0 radical (unpaired) electrons. The minimum atomic E-state index is -1.73. The number of esters is 1. The first-order valence-corrected chi connectivity index (χ1v) is 25.3. The highest BCUT2D eigenvalue weighted by Gasteiger charge is 2.58. The molecule has 3 fully saturated rings. The third-order valence-corrected chi connectivity index (χ3v) is 14.1. The molecule has 0 aliphatic carbocycles. The lowest BCUT2D eigenvalue weighted by Crippen LogP contribution is -2.67. The molecular formula is C54H60N6O14S. The van der Waals surface area contributed by atoms with Crippen LogP contribution >= 0.6 is 11.8 Å². The maximum absolute atomic E-state index is 14.3. The summed E-state index contributed by atoms with van der Waals surface area (Å²) in [5, 5.41) is 42.1. The molecule has 0 bridgehead atoms. The van der Waals surface area contributed by atoms with E-state index in [4.69, 9.17) is 47.4 Å². The van der Waals surface area contributed by atoms with Gasteiger partial charge in [0.15, 0.2) is 18.7 Å². The lowest BCUT2D eigenvalue weighted by molar-refractivity contribution is -0.366. The van der Waals surface area contributed by atoms with Crippen molar-refractivity contribution in [3.05, 3.63) is 194 Å². The fourth-order valence-electron chi connectivity index (χ4n) is 9.09. The largest absolute Gasteiger partial charge is 0.467 e. The van der Waals surface area contributed by atoms with Gasteiger partial charge in [0.1, 0.15) is 66.4 Å². The SMILES string of the molecule is COC(=O)C1O[C@@H](O[C@@H]2C(CO)OC(Sc3ccc(C)cc3)[C@H](N=[N+]=[N-])[C@@H]2O)[C@H](OCc2ccccc2)[C@@H](OCc2ccccc2)[C@@H]1O[C@H]1OC(CO)[C@@H](OCc2ccccc2)[C@H](OCc2ccccc2)[C@H]1N=[N+]=[N-]. The minimum absolute atomic E-state index is 0.0328. The van der Waals surface area contributed by atoms with Crippen molar-refractivity contribution in [1.82, 2.24) is 0 Å². The van der Waals surface area contributed by atoms with Crippen molar-refractivity contribution in [2.24, 2.45) is 10.2 Å². The zero-order chi connectivity index (χ0) is 52.5. The highest BCUT2D eigenvalue weighted by atomic mass is 32.2. The van der Waals surface area contributed by atoms with Gasteiger partial charge in [-0.05, 0) is 52.4 Å². The summed E-state index contributed by atoms with van der Waals surface area (Å²) in [6.07, 6.45) is -16.8. The molecule has 0 saturated carbocycles. The van der Waals surface area contributed by atoms with Crippen LogP contribution in [0.2, 0.25) is 0 Å². The molecule has 3 saturated heterocycles. The van der Waals surface area contributed by atoms with Crippen molar-refractivity contribution in [2.75, 3.05) is 20.3 Å². The first-order valence-electron chi connectivity index (χ1n) is 24.4. The summed E-state index contributed by atoms with van der Waals surface area (Å²) in [7, 11) is 1.15. The van der Waals surface area contributed by atoms with Crippen LogP contribution in [-0.2, 0) is 78.6 Å². The number of ether oxygens (including phenoxy) is 10. The predicted molar refractivity (Wildman–Crippen MR) is 271 cm³/mol. The topological polar surface area (TPSA) is 268 Å². The highest BCUT2D eigenvalue weighted by Crippen LogP contribution is 2.40. The average molecular weight is 1050 g/mol. The van der Waals surface area contributed by atoms with Gasteiger partial charge in [0.05, 0.1) is 52.9 Å². The molecule has 3 aliphatic heterocycles. The third-order valence-electron chi connectivity index (χ3n) is 12.9. The van der Waals surface area contributed by atoms with E-state index in [9.17, 15) is 31.2 Å². The van der Waals surface area contributed by atoms with Gasteiger partial charge in [-0.3, -0.25) is 0 Å². The summed E-state index contributed by atoms with van der Waals surface area (Å²) < 4.78 is 64.9. The maximum atomic E-state index is 14.3. The Hall–Kier alpha value is -5.94. The predicted octanol–water partition coefficient (Wildman–Crippen LogP) is 7.25. The fraction of sp³-hybridized carbons (Fsp3) is 0.426. The quantitative estimate of drug-likeness (QED) is 0.0252. The van der Waals surface area contributed by atoms with Gasteiger partial charge in [-0.25, -0.2) is 4.79 Å². The first kappa shape index (κ1) is 55.3. The number of methoxy groups -OCH3 is 1. The maximum Gasteiger partial charge on any atom is 0.337 e. The van der Waals surface area contributed by atoms with Crippen LogP contribution in [0.3, 0.4) is 0 Å². The van der Waals surface area contributed by atoms with E-state index < -0.39 is 110 Å². The van der Waals surface area contributed by atoms with Gasteiger partial charge in [-0.1, -0.05) is 161 Å². The molecule has 0 aromatic heterocycles. The molecular weight excluding hydrogens is 989 g/mol. The minimum Gasteiger partial charge on any atom is -0.467 e. The zero-order valence-electron chi connectivity index (χ0n) is 41.2. The summed E-state index contributed by atoms with van der Waals surface area (Å²) in [5.74, 6) is -0.958. The van der Waals surface area contributed by atoms with Crippen LogP contribution in [0, 0.1) is 6.92 Å². The molecule has 21 heteroatoms. The number of carbonyl (C=O) groups excluding carboxylic acids is 1. The van der Waals surface area contributed by atoms with E-state index in [1.165, 1.54) is 11.8 Å². The van der Waals surface area contributed by atoms with Crippen LogP contribution in [0.5, 0.6) is 0 Å². The Kier molecular flexibility index (Phi) is 20.4. The average Bonchev–Trinajstić information content (AvgIpc) is 3.45. The number of hydrogen-bond donors (Lipinski definition) is 3. The number of thioether (sulfide) groups is 1. The number of nitrogens with zero attached hydrogens (tertiary/aromatic N) is 6. The smallest absolute Gasteiger partial charge is 0.337 e. The Labute approximate surface area is 437 Å². The van der Waals surface area contributed by atoms with E-state index in [0.29, 0.717) is 0 Å². The summed E-state index contributed by atoms with van der Waals surface area (Å²) in [5.41, 5.74) is 23.0. The van der Waals surface area contributed by atoms with E-state index in [-0.39, 0.29) is 26.4 Å². The normalized spacial score (nSPS) is 29.6. The van der Waals surface area contributed by atoms with Gasteiger partial charge in [0.2, 0.25) is 0 Å². The molecule has 15 atom stereocenters. The van der Waals surface area contributed by atoms with Crippen molar-refractivity contribution >= 4 is 17.7 Å². The number of benzene rings is 5. The number of hydrogen-bond acceptors (Lipinski definition) is 17. The van der Waals surface area contributed by atoms with Crippen LogP contribution in [-0.4, -0.2) is 133 Å². The Bertz CT molecular complexity index is 2630. The van der Waals surface area contributed by atoms with Crippen LogP contribution in [0.25, 0.3) is 20.9 Å². The standard InChI is InChI=1S/C54H60N6O14S/c1-33-23-25-38(26-24-33)75-54-41(57-59-55)43(63)44(39(27-61)71-54)72-53-50(69-32-37-21-13-6-14-22-37)47(68-31-36-19-11-5-12-20-36)48(49(74-53)51(64)65-2)73-52-42(58-60-56)46(67-30-35-17-9-4-10-18-35)45(40(28-62)70-52)66-29-34-15-7-3-8-16-34/h3-26,39-50,52-54,61-63H,27-32H2,1-2H3/t39?,40?,41-,42-,43+,44-,45-,46-,47+,48+,49?,50-,52-,53-,54?/m1/s1. The van der Waals surface area contributed by atoms with Gasteiger partial charge < -0.3 is 62.7 Å². The lowest BCUT2D eigenvalue weighted by atomic mass is 9.94. The second-order valence-electron chi connectivity index (χ2n) is 18.0. The van der Waals surface area contributed by atoms with Gasteiger partial charge in [0, 0.05) is 14.7 Å². The number of azide groups is 2. The molecule has 75 heavy (non-hydrogen) atoms. The van der Waals surface area contributed by atoms with Crippen LogP contribution in [0.15, 0.2) is 161 Å². The van der Waals surface area contributed by atoms with Crippen molar-refractivity contribution in [3.63, 3.8) is 0 Å². The van der Waals surface area contributed by atoms with Crippen LogP contribution in [0.4, 0.5) is 0 Å². The number of aliphatic hydroxyl groups excluding tert-OH is 3. The van der Waals surface area contributed by atoms with Crippen LogP contribution in [0.1, 0.15) is 27.8 Å².